The van der Waals surface area contributed by atoms with E-state index in [1.807, 2.05) is 0 Å². The van der Waals surface area contributed by atoms with E-state index >= 15 is 0 Å². The van der Waals surface area contributed by atoms with Crippen molar-refractivity contribution in [2.75, 3.05) is 6.26 Å². The lowest BCUT2D eigenvalue weighted by Crippen LogP contribution is -2.07. The summed E-state index contributed by atoms with van der Waals surface area (Å²) in [7, 11) is -3.70. The number of rotatable bonds is 3. The number of hydrogen-bond donors (Lipinski definition) is 1. The van der Waals surface area contributed by atoms with Crippen LogP contribution in [0.4, 0.5) is 17.6 Å². The number of imidazole rings is 1. The summed E-state index contributed by atoms with van der Waals surface area (Å²) in [5, 5.41) is 0. The minimum absolute atomic E-state index is 0.0531. The number of hydrogen-bond acceptors (Lipinski definition) is 3. The first-order chi connectivity index (χ1) is 12.1. The lowest BCUT2D eigenvalue weighted by molar-refractivity contribution is -0.144. The van der Waals surface area contributed by atoms with E-state index in [9.17, 15) is 26.0 Å². The number of H-pyrrole nitrogens is 1. The highest BCUT2D eigenvalue weighted by molar-refractivity contribution is 7.90. The van der Waals surface area contributed by atoms with Gasteiger partial charge in [-0.15, -0.1) is 0 Å². The highest BCUT2D eigenvalue weighted by Gasteiger charge is 2.36. The third-order valence-electron chi connectivity index (χ3n) is 3.65. The van der Waals surface area contributed by atoms with Crippen molar-refractivity contribution in [1.82, 2.24) is 9.97 Å². The molecule has 2 aromatic carbocycles. The van der Waals surface area contributed by atoms with Crippen LogP contribution in [0.5, 0.6) is 0 Å². The maximum Gasteiger partial charge on any atom is 0.449 e. The van der Waals surface area contributed by atoms with Gasteiger partial charge in [0.2, 0.25) is 5.82 Å². The van der Waals surface area contributed by atoms with Gasteiger partial charge in [-0.2, -0.15) is 13.2 Å². The van der Waals surface area contributed by atoms with Crippen molar-refractivity contribution >= 4 is 9.84 Å². The number of aromatic nitrogens is 2. The van der Waals surface area contributed by atoms with Crippen LogP contribution in [0.15, 0.2) is 53.4 Å². The minimum atomic E-state index is -4.76. The van der Waals surface area contributed by atoms with Gasteiger partial charge in [0, 0.05) is 17.4 Å². The first-order valence-corrected chi connectivity index (χ1v) is 9.19. The van der Waals surface area contributed by atoms with E-state index in [0.29, 0.717) is 0 Å². The van der Waals surface area contributed by atoms with Crippen molar-refractivity contribution < 1.29 is 26.0 Å². The zero-order valence-corrected chi connectivity index (χ0v) is 14.1. The average Bonchev–Trinajstić information content (AvgIpc) is 3.00. The van der Waals surface area contributed by atoms with E-state index in [0.717, 1.165) is 18.4 Å². The van der Waals surface area contributed by atoms with Crippen LogP contribution in [0.3, 0.4) is 0 Å². The summed E-state index contributed by atoms with van der Waals surface area (Å²) in [6, 6.07) is 10.4. The van der Waals surface area contributed by atoms with Crippen molar-refractivity contribution in [3.8, 4) is 22.5 Å². The van der Waals surface area contributed by atoms with Crippen molar-refractivity contribution in [2.24, 2.45) is 0 Å². The quantitative estimate of drug-likeness (QED) is 0.685. The molecule has 0 saturated heterocycles. The molecule has 0 aliphatic heterocycles. The van der Waals surface area contributed by atoms with Crippen LogP contribution in [0.2, 0.25) is 0 Å². The summed E-state index contributed by atoms with van der Waals surface area (Å²) in [6.45, 7) is 0. The summed E-state index contributed by atoms with van der Waals surface area (Å²) in [5.74, 6) is -1.83. The maximum atomic E-state index is 13.2. The van der Waals surface area contributed by atoms with Crippen LogP contribution in [0, 0.1) is 5.82 Å². The minimum Gasteiger partial charge on any atom is -0.334 e. The fourth-order valence-electron chi connectivity index (χ4n) is 2.52. The van der Waals surface area contributed by atoms with Crippen molar-refractivity contribution in [3.63, 3.8) is 0 Å². The summed E-state index contributed by atoms with van der Waals surface area (Å²) < 4.78 is 76.6. The van der Waals surface area contributed by atoms with Crippen LogP contribution in [0.25, 0.3) is 22.5 Å². The number of nitrogens with zero attached hydrogens (tertiary/aromatic N) is 1. The summed E-state index contributed by atoms with van der Waals surface area (Å²) >= 11 is 0. The maximum absolute atomic E-state index is 13.2. The van der Waals surface area contributed by atoms with E-state index in [1.54, 1.807) is 0 Å². The Kier molecular flexibility index (Phi) is 4.35. The lowest BCUT2D eigenvalue weighted by Gasteiger charge is -2.08. The van der Waals surface area contributed by atoms with Crippen LogP contribution in [-0.4, -0.2) is 24.6 Å². The molecule has 0 aliphatic carbocycles. The van der Waals surface area contributed by atoms with Gasteiger partial charge in [-0.05, 0) is 30.3 Å². The molecule has 0 radical (unpaired) electrons. The number of halogens is 4. The zero-order valence-electron chi connectivity index (χ0n) is 13.3. The van der Waals surface area contributed by atoms with E-state index in [4.69, 9.17) is 0 Å². The molecule has 3 aromatic rings. The van der Waals surface area contributed by atoms with Gasteiger partial charge in [-0.25, -0.2) is 17.8 Å². The molecule has 0 fully saturated rings. The Morgan fingerprint density at radius 3 is 2.19 bits per heavy atom. The lowest BCUT2D eigenvalue weighted by atomic mass is 10.1. The molecule has 1 heterocycles. The molecule has 1 N–H and O–H groups in total. The van der Waals surface area contributed by atoms with Crippen LogP contribution >= 0.6 is 0 Å². The molecule has 9 heteroatoms. The van der Waals surface area contributed by atoms with Crippen molar-refractivity contribution in [3.05, 3.63) is 60.2 Å². The number of aromatic amines is 1. The Morgan fingerprint density at radius 2 is 1.62 bits per heavy atom. The second-order valence-corrected chi connectivity index (χ2v) is 7.57. The fraction of sp³-hybridized carbons (Fsp3) is 0.118. The molecule has 0 amide bonds. The Balaban J connectivity index is 2.31. The number of nitrogens with one attached hydrogen (secondary N) is 1. The van der Waals surface area contributed by atoms with Gasteiger partial charge in [-0.1, -0.05) is 18.2 Å². The molecular formula is C17H12F4N2O2S. The summed E-state index contributed by atoms with van der Waals surface area (Å²) in [5.41, 5.74) is 0.0483. The molecule has 3 rings (SSSR count). The molecule has 0 atom stereocenters. The Morgan fingerprint density at radius 1 is 1.00 bits per heavy atom. The van der Waals surface area contributed by atoms with E-state index in [1.165, 1.54) is 36.4 Å². The van der Waals surface area contributed by atoms with Crippen molar-refractivity contribution in [1.29, 1.82) is 0 Å². The highest BCUT2D eigenvalue weighted by Crippen LogP contribution is 2.37. The van der Waals surface area contributed by atoms with Crippen molar-refractivity contribution in [2.45, 2.75) is 11.1 Å². The van der Waals surface area contributed by atoms with Gasteiger partial charge in [0.15, 0.2) is 9.84 Å². The second-order valence-electron chi connectivity index (χ2n) is 5.58. The SMILES string of the molecule is CS(=O)(=O)c1ccccc1-c1[nH]c(C(F)(F)F)nc1-c1ccc(F)cc1. The zero-order chi connectivity index (χ0) is 19.1. The van der Waals surface area contributed by atoms with Gasteiger partial charge in [-0.3, -0.25) is 0 Å². The Bertz CT molecular complexity index is 1060. The first-order valence-electron chi connectivity index (χ1n) is 7.30. The molecule has 0 unspecified atom stereocenters. The Labute approximate surface area is 146 Å². The number of benzene rings is 2. The molecule has 0 bridgehead atoms. The van der Waals surface area contributed by atoms with Crippen LogP contribution in [-0.2, 0) is 16.0 Å². The molecule has 4 nitrogen and oxygen atoms in total. The molecule has 0 saturated carbocycles. The number of alkyl halides is 3. The van der Waals surface area contributed by atoms with Crippen LogP contribution < -0.4 is 0 Å². The smallest absolute Gasteiger partial charge is 0.334 e. The van der Waals surface area contributed by atoms with Gasteiger partial charge in [0.1, 0.15) is 5.82 Å². The largest absolute Gasteiger partial charge is 0.449 e. The molecule has 1 aromatic heterocycles. The fourth-order valence-corrected chi connectivity index (χ4v) is 3.41. The third-order valence-corrected chi connectivity index (χ3v) is 4.80. The van der Waals surface area contributed by atoms with Gasteiger partial charge in [0.05, 0.1) is 16.3 Å². The predicted octanol–water partition coefficient (Wildman–Crippen LogP) is 4.31. The van der Waals surface area contributed by atoms with Crippen LogP contribution in [0.1, 0.15) is 5.82 Å². The molecular weight excluding hydrogens is 372 g/mol. The second kappa shape index (κ2) is 6.24. The normalized spacial score (nSPS) is 12.3. The first kappa shape index (κ1) is 18.1. The van der Waals surface area contributed by atoms with Gasteiger partial charge >= 0.3 is 6.18 Å². The average molecular weight is 384 g/mol. The van der Waals surface area contributed by atoms with Gasteiger partial charge in [0.25, 0.3) is 0 Å². The third kappa shape index (κ3) is 3.48. The standard InChI is InChI=1S/C17H12F4N2O2S/c1-26(24,25)13-5-3-2-4-12(13)15-14(10-6-8-11(18)9-7-10)22-16(23-15)17(19,20)21/h2-9H,1H3,(H,22,23). The summed E-state index contributed by atoms with van der Waals surface area (Å²) in [4.78, 5) is 5.61. The monoisotopic (exact) mass is 384 g/mol. The van der Waals surface area contributed by atoms with E-state index in [-0.39, 0.29) is 27.4 Å². The molecule has 0 spiro atoms. The predicted molar refractivity (Wildman–Crippen MR) is 87.5 cm³/mol. The molecule has 26 heavy (non-hydrogen) atoms. The molecule has 0 aliphatic rings. The topological polar surface area (TPSA) is 62.8 Å². The Hall–Kier alpha value is -2.68. The molecule has 136 valence electrons. The summed E-state index contributed by atoms with van der Waals surface area (Å²) in [6.07, 6.45) is -3.79. The number of sulfone groups is 1. The van der Waals surface area contributed by atoms with E-state index in [2.05, 4.69) is 9.97 Å². The van der Waals surface area contributed by atoms with Gasteiger partial charge < -0.3 is 4.98 Å². The highest BCUT2D eigenvalue weighted by atomic mass is 32.2. The van der Waals surface area contributed by atoms with E-state index < -0.39 is 27.7 Å².